The van der Waals surface area contributed by atoms with E-state index in [2.05, 4.69) is 0 Å². The zero-order valence-electron chi connectivity index (χ0n) is 23.8. The second-order valence-corrected chi connectivity index (χ2v) is 10.7. The number of aromatic hydroxyl groups is 2. The molecular formula is C29H32O16. The molecule has 2 aliphatic heterocycles. The zero-order valence-corrected chi connectivity index (χ0v) is 23.8. The van der Waals surface area contributed by atoms with Crippen molar-refractivity contribution >= 4 is 16.9 Å². The van der Waals surface area contributed by atoms with Gasteiger partial charge in [0.1, 0.15) is 77.6 Å². The first kappa shape index (κ1) is 32.4. The topological polar surface area (TPSA) is 255 Å². The highest BCUT2D eigenvalue weighted by Gasteiger charge is 2.46. The lowest BCUT2D eigenvalue weighted by Crippen LogP contribution is -2.60. The van der Waals surface area contributed by atoms with Crippen LogP contribution in [0.15, 0.2) is 45.6 Å². The highest BCUT2D eigenvalue weighted by molar-refractivity contribution is 5.88. The maximum Gasteiger partial charge on any atom is 0.302 e. The molecule has 0 spiro atoms. The Morgan fingerprint density at radius 2 is 1.44 bits per heavy atom. The normalized spacial score (nSPS) is 31.8. The van der Waals surface area contributed by atoms with Crippen molar-refractivity contribution < 1.29 is 73.7 Å². The van der Waals surface area contributed by atoms with Crippen LogP contribution in [0, 0.1) is 0 Å². The molecule has 2 aliphatic rings. The summed E-state index contributed by atoms with van der Waals surface area (Å²) in [5.41, 5.74) is -1.05. The average Bonchev–Trinajstić information content (AvgIpc) is 2.99. The summed E-state index contributed by atoms with van der Waals surface area (Å²) >= 11 is 0. The number of benzene rings is 2. The zero-order chi connectivity index (χ0) is 32.7. The van der Waals surface area contributed by atoms with Crippen LogP contribution in [-0.2, 0) is 19.0 Å². The van der Waals surface area contributed by atoms with E-state index in [9.17, 15) is 50.4 Å². The summed E-state index contributed by atoms with van der Waals surface area (Å²) in [7, 11) is 0. The van der Waals surface area contributed by atoms with Crippen LogP contribution < -0.4 is 14.9 Å². The van der Waals surface area contributed by atoms with Gasteiger partial charge in [-0.25, -0.2) is 0 Å². The van der Waals surface area contributed by atoms with Crippen LogP contribution in [-0.4, -0.2) is 115 Å². The van der Waals surface area contributed by atoms with Crippen LogP contribution in [0.4, 0.5) is 0 Å². The fourth-order valence-corrected chi connectivity index (χ4v) is 4.95. The van der Waals surface area contributed by atoms with Gasteiger partial charge < -0.3 is 69.0 Å². The minimum atomic E-state index is -1.90. The van der Waals surface area contributed by atoms with Crippen LogP contribution in [0.2, 0.25) is 0 Å². The second-order valence-electron chi connectivity index (χ2n) is 10.7. The molecule has 0 radical (unpaired) electrons. The Morgan fingerprint density at radius 3 is 2.09 bits per heavy atom. The van der Waals surface area contributed by atoms with Crippen molar-refractivity contribution in [1.82, 2.24) is 0 Å². The molecule has 10 atom stereocenters. The van der Waals surface area contributed by atoms with Crippen molar-refractivity contribution in [3.8, 4) is 34.3 Å². The predicted octanol–water partition coefficient (Wildman–Crippen LogP) is -1.17. The third-order valence-electron chi connectivity index (χ3n) is 7.45. The van der Waals surface area contributed by atoms with E-state index in [1.165, 1.54) is 37.3 Å². The van der Waals surface area contributed by atoms with Gasteiger partial charge >= 0.3 is 5.97 Å². The lowest BCUT2D eigenvalue weighted by molar-refractivity contribution is -0.278. The Bertz CT molecular complexity index is 1590. The molecular weight excluding hydrogens is 604 g/mol. The van der Waals surface area contributed by atoms with Gasteiger partial charge in [0.2, 0.25) is 23.8 Å². The molecule has 2 aromatic carbocycles. The molecule has 8 N–H and O–H groups in total. The van der Waals surface area contributed by atoms with Crippen LogP contribution in [0.25, 0.3) is 22.3 Å². The molecule has 0 amide bonds. The first-order valence-electron chi connectivity index (χ1n) is 13.8. The van der Waals surface area contributed by atoms with E-state index < -0.39 is 96.3 Å². The molecule has 45 heavy (non-hydrogen) atoms. The molecule has 3 aromatic rings. The van der Waals surface area contributed by atoms with E-state index in [1.54, 1.807) is 0 Å². The van der Waals surface area contributed by atoms with Crippen molar-refractivity contribution in [3.63, 3.8) is 0 Å². The summed E-state index contributed by atoms with van der Waals surface area (Å²) in [6.07, 6.45) is -15.7. The summed E-state index contributed by atoms with van der Waals surface area (Å²) in [6.45, 7) is 2.04. The van der Waals surface area contributed by atoms with Gasteiger partial charge in [-0.2, -0.15) is 0 Å². The number of esters is 1. The molecule has 16 heteroatoms. The quantitative estimate of drug-likeness (QED) is 0.142. The lowest BCUT2D eigenvalue weighted by atomic mass is 9.99. The van der Waals surface area contributed by atoms with Gasteiger partial charge in [-0.05, 0) is 31.2 Å². The van der Waals surface area contributed by atoms with Crippen molar-refractivity contribution in [1.29, 1.82) is 0 Å². The lowest BCUT2D eigenvalue weighted by Gasteiger charge is -2.39. The van der Waals surface area contributed by atoms with Gasteiger partial charge in [0, 0.05) is 24.6 Å². The van der Waals surface area contributed by atoms with Crippen molar-refractivity contribution in [2.75, 3.05) is 6.61 Å². The number of phenolic OH excluding ortho intramolecular Hbond substituents is 2. The third-order valence-corrected chi connectivity index (χ3v) is 7.45. The number of phenols is 2. The summed E-state index contributed by atoms with van der Waals surface area (Å²) in [5.74, 6) is -2.55. The number of aliphatic hydroxyl groups excluding tert-OH is 6. The van der Waals surface area contributed by atoms with Gasteiger partial charge in [0.05, 0.1) is 6.10 Å². The van der Waals surface area contributed by atoms with Crippen molar-refractivity contribution in [3.05, 3.63) is 46.6 Å². The summed E-state index contributed by atoms with van der Waals surface area (Å²) in [5, 5.41) is 82.0. The summed E-state index contributed by atoms with van der Waals surface area (Å²) in [6, 6.07) is 7.49. The number of rotatable bonds is 7. The van der Waals surface area contributed by atoms with Gasteiger partial charge in [-0.15, -0.1) is 0 Å². The molecule has 1 aromatic heterocycles. The van der Waals surface area contributed by atoms with Crippen molar-refractivity contribution in [2.45, 2.75) is 75.3 Å². The Kier molecular flexibility index (Phi) is 9.20. The van der Waals surface area contributed by atoms with Crippen molar-refractivity contribution in [2.24, 2.45) is 0 Å². The van der Waals surface area contributed by atoms with Gasteiger partial charge in [-0.1, -0.05) is 0 Å². The molecule has 0 saturated carbocycles. The minimum Gasteiger partial charge on any atom is -0.508 e. The number of carbonyl (C=O) groups excluding carboxylic acids is 1. The monoisotopic (exact) mass is 636 g/mol. The molecule has 5 rings (SSSR count). The fourth-order valence-electron chi connectivity index (χ4n) is 4.95. The summed E-state index contributed by atoms with van der Waals surface area (Å²) in [4.78, 5) is 25.1. The number of fused-ring (bicyclic) bond motifs is 1. The average molecular weight is 637 g/mol. The predicted molar refractivity (Wildman–Crippen MR) is 148 cm³/mol. The number of aliphatic hydroxyl groups is 6. The summed E-state index contributed by atoms with van der Waals surface area (Å²) < 4.78 is 33.1. The minimum absolute atomic E-state index is 0.123. The van der Waals surface area contributed by atoms with Gasteiger partial charge in [0.25, 0.3) is 0 Å². The third kappa shape index (κ3) is 6.40. The highest BCUT2D eigenvalue weighted by atomic mass is 16.7. The van der Waals surface area contributed by atoms with E-state index in [-0.39, 0.29) is 28.4 Å². The number of hydrogen-bond acceptors (Lipinski definition) is 16. The molecule has 0 unspecified atom stereocenters. The molecule has 2 saturated heterocycles. The molecule has 0 bridgehead atoms. The van der Waals surface area contributed by atoms with Gasteiger partial charge in [-0.3, -0.25) is 9.59 Å². The van der Waals surface area contributed by atoms with Crippen LogP contribution in [0.5, 0.6) is 23.0 Å². The largest absolute Gasteiger partial charge is 0.508 e. The SMILES string of the molecule is CC(=O)OC[C@H]1O[C@@H](Oc2c(-c3ccc(O)cc3)oc3cc(O[C@@H]4O[C@@H](C)[C@H](O)[C@H](O)[C@H]4O)cc(O)c3c2=O)[C@@H](O)[C@@H](O)[C@@H]1O. The molecule has 0 aliphatic carbocycles. The Morgan fingerprint density at radius 1 is 0.822 bits per heavy atom. The highest BCUT2D eigenvalue weighted by Crippen LogP contribution is 2.38. The smallest absolute Gasteiger partial charge is 0.302 e. The van der Waals surface area contributed by atoms with E-state index in [0.717, 1.165) is 13.0 Å². The van der Waals surface area contributed by atoms with Crippen LogP contribution >= 0.6 is 0 Å². The maximum absolute atomic E-state index is 13.8. The molecule has 244 valence electrons. The first-order valence-corrected chi connectivity index (χ1v) is 13.8. The molecule has 3 heterocycles. The molecule has 2 fully saturated rings. The van der Waals surface area contributed by atoms with E-state index in [4.69, 9.17) is 28.1 Å². The standard InChI is InChI=1S/C29H32O16/c1-10-19(33)22(36)24(38)28(41-10)42-14-7-15(32)18-16(8-14)43-26(12-3-5-13(31)6-4-12)27(21(18)35)45-29-25(39)23(37)20(34)17(44-29)9-40-11(2)30/h3-8,10,17,19-20,22-25,28-29,31-34,36-39H,9H2,1-2H3/t10-,17+,19-,20+,22-,23-,24+,25-,28-,29-/m0/s1. The van der Waals surface area contributed by atoms with Crippen LogP contribution in [0.1, 0.15) is 13.8 Å². The number of ether oxygens (including phenoxy) is 5. The fraction of sp³-hybridized carbons (Fsp3) is 0.448. The maximum atomic E-state index is 13.8. The second kappa shape index (κ2) is 12.8. The Balaban J connectivity index is 1.56. The van der Waals surface area contributed by atoms with E-state index in [1.807, 2.05) is 0 Å². The van der Waals surface area contributed by atoms with Crippen LogP contribution in [0.3, 0.4) is 0 Å². The molecule has 16 nitrogen and oxygen atoms in total. The van der Waals surface area contributed by atoms with E-state index >= 15 is 0 Å². The number of hydrogen-bond donors (Lipinski definition) is 8. The van der Waals surface area contributed by atoms with Gasteiger partial charge in [0.15, 0.2) is 5.76 Å². The van der Waals surface area contributed by atoms with E-state index in [0.29, 0.717) is 0 Å². The number of carbonyl (C=O) groups is 1. The Hall–Kier alpha value is -4.00. The Labute approximate surface area is 253 Å². The first-order chi connectivity index (χ1) is 21.3.